The summed E-state index contributed by atoms with van der Waals surface area (Å²) < 4.78 is 2.54. The Morgan fingerprint density at radius 1 is 1.69 bits per heavy atom. The van der Waals surface area contributed by atoms with E-state index in [1.165, 1.54) is 0 Å². The molecule has 0 radical (unpaired) electrons. The van der Waals surface area contributed by atoms with E-state index in [4.69, 9.17) is 11.0 Å². The summed E-state index contributed by atoms with van der Waals surface area (Å²) in [6.45, 7) is 2.01. The summed E-state index contributed by atoms with van der Waals surface area (Å²) in [4.78, 5) is 4.15. The summed E-state index contributed by atoms with van der Waals surface area (Å²) in [6, 6.07) is 3.96. The van der Waals surface area contributed by atoms with Gasteiger partial charge in [0.2, 0.25) is 0 Å². The number of nitriles is 1. The summed E-state index contributed by atoms with van der Waals surface area (Å²) in [5.74, 6) is 0. The van der Waals surface area contributed by atoms with Crippen molar-refractivity contribution in [3.05, 3.63) is 22.9 Å². The number of nitrogens with zero attached hydrogens (tertiary/aromatic N) is 4. The molecule has 2 heterocycles. The maximum absolute atomic E-state index is 8.84. The Balaban J connectivity index is 2.38. The molecule has 1 atom stereocenters. The lowest BCUT2D eigenvalue weighted by Crippen LogP contribution is -2.39. The van der Waals surface area contributed by atoms with Gasteiger partial charge in [0.1, 0.15) is 5.54 Å². The molecule has 0 saturated heterocycles. The molecule has 0 aliphatic carbocycles. The average molecular weight is 280 g/mol. The summed E-state index contributed by atoms with van der Waals surface area (Å²) in [5.41, 5.74) is 5.48. The van der Waals surface area contributed by atoms with Crippen molar-refractivity contribution in [2.75, 3.05) is 0 Å². The van der Waals surface area contributed by atoms with Gasteiger partial charge in [0, 0.05) is 22.3 Å². The Hall–Kier alpha value is -1.45. The van der Waals surface area contributed by atoms with E-state index in [1.54, 1.807) is 17.8 Å². The molecular weight excluding hydrogens is 270 g/mol. The predicted molar refractivity (Wildman–Crippen MR) is 63.4 cm³/mol. The minimum atomic E-state index is -0.917. The third kappa shape index (κ3) is 2.21. The van der Waals surface area contributed by atoms with E-state index in [-0.39, 0.29) is 0 Å². The summed E-state index contributed by atoms with van der Waals surface area (Å²) >= 11 is 3.34. The number of hydrogen-bond acceptors (Lipinski definition) is 4. The summed E-state index contributed by atoms with van der Waals surface area (Å²) in [6.07, 6.45) is 3.52. The molecule has 2 rings (SSSR count). The molecule has 2 aromatic rings. The topological polar surface area (TPSA) is 80.5 Å². The van der Waals surface area contributed by atoms with Gasteiger partial charge in [-0.3, -0.25) is 4.68 Å². The van der Waals surface area contributed by atoms with Gasteiger partial charge in [-0.25, -0.2) is 4.98 Å². The molecule has 0 fully saturated rings. The molecule has 0 saturated carbocycles. The van der Waals surface area contributed by atoms with Gasteiger partial charge >= 0.3 is 0 Å². The zero-order chi connectivity index (χ0) is 11.8. The maximum atomic E-state index is 8.84. The first kappa shape index (κ1) is 11.0. The molecule has 82 valence electrons. The van der Waals surface area contributed by atoms with Crippen molar-refractivity contribution in [1.82, 2.24) is 14.8 Å². The van der Waals surface area contributed by atoms with Crippen molar-refractivity contribution >= 4 is 27.0 Å². The van der Waals surface area contributed by atoms with Gasteiger partial charge in [0.25, 0.3) is 0 Å². The van der Waals surface area contributed by atoms with E-state index in [1.807, 2.05) is 18.3 Å². The Bertz CT molecular complexity index is 566. The smallest absolute Gasteiger partial charge is 0.181 e. The molecular formula is C10H10BrN5. The summed E-state index contributed by atoms with van der Waals surface area (Å²) in [7, 11) is 0. The highest BCUT2D eigenvalue weighted by atomic mass is 79.9. The number of hydrogen-bond donors (Lipinski definition) is 1. The first-order chi connectivity index (χ1) is 7.50. The molecule has 2 aromatic heterocycles. The monoisotopic (exact) mass is 279 g/mol. The van der Waals surface area contributed by atoms with E-state index >= 15 is 0 Å². The fourth-order valence-electron chi connectivity index (χ4n) is 1.39. The van der Waals surface area contributed by atoms with Crippen LogP contribution in [0.15, 0.2) is 22.9 Å². The Kier molecular flexibility index (Phi) is 2.66. The van der Waals surface area contributed by atoms with E-state index < -0.39 is 5.54 Å². The fourth-order valence-corrected chi connectivity index (χ4v) is 1.74. The normalized spacial score (nSPS) is 14.6. The van der Waals surface area contributed by atoms with Crippen LogP contribution in [0.5, 0.6) is 0 Å². The van der Waals surface area contributed by atoms with Gasteiger partial charge in [0.15, 0.2) is 5.65 Å². The molecule has 6 heteroatoms. The second-order valence-corrected chi connectivity index (χ2v) is 4.84. The highest BCUT2D eigenvalue weighted by Gasteiger charge is 2.18. The van der Waals surface area contributed by atoms with Crippen LogP contribution < -0.4 is 5.73 Å². The molecule has 0 aliphatic heterocycles. The molecule has 0 amide bonds. The number of pyridine rings is 1. The van der Waals surface area contributed by atoms with Crippen LogP contribution >= 0.6 is 15.9 Å². The van der Waals surface area contributed by atoms with Gasteiger partial charge < -0.3 is 5.73 Å². The predicted octanol–water partition coefficient (Wildman–Crippen LogP) is 1.43. The zero-order valence-electron chi connectivity index (χ0n) is 8.68. The standard InChI is InChI=1S/C10H10BrN5/c1-10(13,5-12)6-16-4-7-2-8(11)3-14-9(7)15-16/h2-4H,6,13H2,1H3. The van der Waals surface area contributed by atoms with Crippen molar-refractivity contribution < 1.29 is 0 Å². The third-order valence-corrected chi connectivity index (χ3v) is 2.55. The zero-order valence-corrected chi connectivity index (χ0v) is 10.3. The van der Waals surface area contributed by atoms with E-state index in [9.17, 15) is 0 Å². The molecule has 2 N–H and O–H groups in total. The van der Waals surface area contributed by atoms with Crippen LogP contribution in [0.1, 0.15) is 6.92 Å². The van der Waals surface area contributed by atoms with Gasteiger partial charge in [-0.05, 0) is 28.9 Å². The van der Waals surface area contributed by atoms with Crippen LogP contribution in [-0.2, 0) is 6.54 Å². The van der Waals surface area contributed by atoms with Crippen molar-refractivity contribution in [3.63, 3.8) is 0 Å². The van der Waals surface area contributed by atoms with Crippen LogP contribution in [0.4, 0.5) is 0 Å². The lowest BCUT2D eigenvalue weighted by molar-refractivity contribution is 0.461. The van der Waals surface area contributed by atoms with Crippen LogP contribution in [0.25, 0.3) is 11.0 Å². The molecule has 0 spiro atoms. The number of halogens is 1. The van der Waals surface area contributed by atoms with Gasteiger partial charge in [-0.1, -0.05) is 0 Å². The van der Waals surface area contributed by atoms with Crippen molar-refractivity contribution in [2.45, 2.75) is 19.0 Å². The van der Waals surface area contributed by atoms with Crippen molar-refractivity contribution in [2.24, 2.45) is 5.73 Å². The average Bonchev–Trinajstić information content (AvgIpc) is 2.58. The Labute approximate surface area is 101 Å². The molecule has 5 nitrogen and oxygen atoms in total. The quantitative estimate of drug-likeness (QED) is 0.902. The molecule has 0 aromatic carbocycles. The fraction of sp³-hybridized carbons (Fsp3) is 0.300. The minimum absolute atomic E-state index is 0.345. The van der Waals surface area contributed by atoms with E-state index in [0.717, 1.165) is 9.86 Å². The maximum Gasteiger partial charge on any atom is 0.181 e. The van der Waals surface area contributed by atoms with E-state index in [0.29, 0.717) is 12.2 Å². The van der Waals surface area contributed by atoms with Crippen LogP contribution in [0, 0.1) is 11.3 Å². The first-order valence-corrected chi connectivity index (χ1v) is 5.48. The minimum Gasteiger partial charge on any atom is -0.312 e. The lowest BCUT2D eigenvalue weighted by atomic mass is 10.1. The number of aromatic nitrogens is 3. The highest BCUT2D eigenvalue weighted by Crippen LogP contribution is 2.16. The summed E-state index contributed by atoms with van der Waals surface area (Å²) in [5, 5.41) is 14.0. The van der Waals surface area contributed by atoms with E-state index in [2.05, 4.69) is 26.0 Å². The van der Waals surface area contributed by atoms with Crippen LogP contribution in [-0.4, -0.2) is 20.3 Å². The molecule has 1 unspecified atom stereocenters. The van der Waals surface area contributed by atoms with Crippen molar-refractivity contribution in [3.8, 4) is 6.07 Å². The Morgan fingerprint density at radius 2 is 2.44 bits per heavy atom. The van der Waals surface area contributed by atoms with Crippen LogP contribution in [0.3, 0.4) is 0 Å². The van der Waals surface area contributed by atoms with Gasteiger partial charge in [-0.15, -0.1) is 0 Å². The largest absolute Gasteiger partial charge is 0.312 e. The second kappa shape index (κ2) is 3.85. The van der Waals surface area contributed by atoms with Crippen molar-refractivity contribution in [1.29, 1.82) is 5.26 Å². The second-order valence-electron chi connectivity index (χ2n) is 3.92. The highest BCUT2D eigenvalue weighted by molar-refractivity contribution is 9.10. The van der Waals surface area contributed by atoms with Crippen LogP contribution in [0.2, 0.25) is 0 Å². The number of rotatable bonds is 2. The first-order valence-electron chi connectivity index (χ1n) is 4.69. The number of fused-ring (bicyclic) bond motifs is 1. The lowest BCUT2D eigenvalue weighted by Gasteiger charge is -2.14. The number of nitrogens with two attached hydrogens (primary N) is 1. The van der Waals surface area contributed by atoms with Gasteiger partial charge in [-0.2, -0.15) is 10.4 Å². The SMILES string of the molecule is CC(N)(C#N)Cn1cc2cc(Br)cnc2n1. The Morgan fingerprint density at radius 3 is 3.12 bits per heavy atom. The molecule has 0 aliphatic rings. The molecule has 16 heavy (non-hydrogen) atoms. The third-order valence-electron chi connectivity index (χ3n) is 2.12. The molecule has 0 bridgehead atoms. The van der Waals surface area contributed by atoms with Gasteiger partial charge in [0.05, 0.1) is 12.6 Å².